The van der Waals surface area contributed by atoms with Gasteiger partial charge in [-0.15, -0.1) is 0 Å². The van der Waals surface area contributed by atoms with E-state index in [1.165, 1.54) is 23.9 Å². The SMILES string of the molecule is CC[C@H](NC(=O)C[C@H](O)[C@H](C)CCN1CCN(C)CC1)C(=O)N(C)CC(=O)N(C)[C@@H](CC(C)C)C(N)=O. The lowest BCUT2D eigenvalue weighted by Crippen LogP contribution is -2.52. The molecule has 0 bridgehead atoms. The van der Waals surface area contributed by atoms with E-state index in [2.05, 4.69) is 22.2 Å². The summed E-state index contributed by atoms with van der Waals surface area (Å²) >= 11 is 0. The zero-order chi connectivity index (χ0) is 28.3. The lowest BCUT2D eigenvalue weighted by molar-refractivity contribution is -0.144. The van der Waals surface area contributed by atoms with Gasteiger partial charge in [0.05, 0.1) is 19.1 Å². The molecule has 11 heteroatoms. The highest BCUT2D eigenvalue weighted by Gasteiger charge is 2.30. The second-order valence-corrected chi connectivity index (χ2v) is 11.0. The molecule has 0 spiro atoms. The fourth-order valence-electron chi connectivity index (χ4n) is 4.38. The van der Waals surface area contributed by atoms with Gasteiger partial charge in [-0.3, -0.25) is 19.2 Å². The summed E-state index contributed by atoms with van der Waals surface area (Å²) in [5.74, 6) is -1.70. The zero-order valence-electron chi connectivity index (χ0n) is 23.9. The minimum absolute atomic E-state index is 0.0546. The van der Waals surface area contributed by atoms with Crippen LogP contribution in [0.5, 0.6) is 0 Å². The number of nitrogens with one attached hydrogen (secondary N) is 1. The molecule has 4 atom stereocenters. The first-order chi connectivity index (χ1) is 17.3. The Morgan fingerprint density at radius 1 is 1.05 bits per heavy atom. The average molecular weight is 527 g/mol. The Labute approximate surface area is 222 Å². The molecule has 0 aromatic rings. The molecule has 1 aliphatic heterocycles. The van der Waals surface area contributed by atoms with Crippen molar-refractivity contribution in [1.29, 1.82) is 0 Å². The zero-order valence-corrected chi connectivity index (χ0v) is 23.9. The number of carbonyl (C=O) groups excluding carboxylic acids is 4. The van der Waals surface area contributed by atoms with Crippen LogP contribution in [0, 0.1) is 11.8 Å². The smallest absolute Gasteiger partial charge is 0.245 e. The van der Waals surface area contributed by atoms with Crippen LogP contribution >= 0.6 is 0 Å². The minimum atomic E-state index is -0.814. The van der Waals surface area contributed by atoms with Gasteiger partial charge in [-0.2, -0.15) is 0 Å². The Kier molecular flexibility index (Phi) is 14.1. The summed E-state index contributed by atoms with van der Waals surface area (Å²) in [7, 11) is 5.10. The highest BCUT2D eigenvalue weighted by Crippen LogP contribution is 2.14. The molecule has 1 saturated heterocycles. The fourth-order valence-corrected chi connectivity index (χ4v) is 4.38. The lowest BCUT2D eigenvalue weighted by atomic mass is 9.97. The van der Waals surface area contributed by atoms with Crippen molar-refractivity contribution in [2.24, 2.45) is 17.6 Å². The van der Waals surface area contributed by atoms with Gasteiger partial charge in [0, 0.05) is 40.3 Å². The van der Waals surface area contributed by atoms with E-state index in [9.17, 15) is 24.3 Å². The van der Waals surface area contributed by atoms with Crippen LogP contribution in [0.1, 0.15) is 53.4 Å². The van der Waals surface area contributed by atoms with Crippen molar-refractivity contribution in [2.45, 2.75) is 71.6 Å². The molecule has 0 aromatic heterocycles. The molecular weight excluding hydrogens is 476 g/mol. The molecule has 0 aliphatic carbocycles. The number of primary amides is 1. The van der Waals surface area contributed by atoms with E-state index in [0.29, 0.717) is 12.8 Å². The van der Waals surface area contributed by atoms with Gasteiger partial charge in [0.15, 0.2) is 0 Å². The summed E-state index contributed by atoms with van der Waals surface area (Å²) in [5.41, 5.74) is 5.48. The molecule has 4 amide bonds. The highest BCUT2D eigenvalue weighted by atomic mass is 16.3. The van der Waals surface area contributed by atoms with Crippen LogP contribution in [0.15, 0.2) is 0 Å². The van der Waals surface area contributed by atoms with Crippen molar-refractivity contribution in [3.63, 3.8) is 0 Å². The molecular formula is C26H50N6O5. The van der Waals surface area contributed by atoms with Crippen molar-refractivity contribution in [3.8, 4) is 0 Å². The molecule has 4 N–H and O–H groups in total. The quantitative estimate of drug-likeness (QED) is 0.267. The molecule has 0 aromatic carbocycles. The lowest BCUT2D eigenvalue weighted by Gasteiger charge is -2.33. The monoisotopic (exact) mass is 526 g/mol. The topological polar surface area (TPSA) is 140 Å². The number of carbonyl (C=O) groups is 4. The number of amides is 4. The van der Waals surface area contributed by atoms with Gasteiger partial charge < -0.3 is 35.8 Å². The van der Waals surface area contributed by atoms with E-state index in [-0.39, 0.29) is 24.8 Å². The number of nitrogens with zero attached hydrogens (tertiary/aromatic N) is 4. The third-order valence-corrected chi connectivity index (χ3v) is 7.22. The highest BCUT2D eigenvalue weighted by molar-refractivity contribution is 5.92. The predicted octanol–water partition coefficient (Wildman–Crippen LogP) is -0.277. The third kappa shape index (κ3) is 11.4. The maximum atomic E-state index is 12.9. The summed E-state index contributed by atoms with van der Waals surface area (Å²) in [5, 5.41) is 13.3. The van der Waals surface area contributed by atoms with Crippen LogP contribution < -0.4 is 11.1 Å². The van der Waals surface area contributed by atoms with Crippen LogP contribution in [-0.4, -0.2) is 127 Å². The van der Waals surface area contributed by atoms with E-state index in [4.69, 9.17) is 5.73 Å². The standard InChI is InChI=1S/C26H50N6O5/c1-8-20(26(37)30(6)17-24(35)31(7)21(25(27)36)15-18(2)3)28-23(34)16-22(33)19(4)9-10-32-13-11-29(5)12-14-32/h18-22,33H,8-17H2,1-7H3,(H2,27,36)(H,28,34)/t19-,20+,21+,22+/m1/s1. The number of likely N-dealkylation sites (N-methyl/N-ethyl adjacent to an activating group) is 3. The van der Waals surface area contributed by atoms with Crippen LogP contribution in [0.25, 0.3) is 0 Å². The van der Waals surface area contributed by atoms with E-state index in [1.807, 2.05) is 20.8 Å². The van der Waals surface area contributed by atoms with Gasteiger partial charge in [0.1, 0.15) is 12.1 Å². The van der Waals surface area contributed by atoms with Crippen LogP contribution in [-0.2, 0) is 19.2 Å². The van der Waals surface area contributed by atoms with Crippen molar-refractivity contribution >= 4 is 23.6 Å². The second-order valence-electron chi connectivity index (χ2n) is 11.0. The van der Waals surface area contributed by atoms with E-state index in [1.54, 1.807) is 6.92 Å². The number of hydrogen-bond acceptors (Lipinski definition) is 7. The predicted molar refractivity (Wildman–Crippen MR) is 143 cm³/mol. The van der Waals surface area contributed by atoms with Gasteiger partial charge in [-0.1, -0.05) is 27.7 Å². The van der Waals surface area contributed by atoms with E-state index in [0.717, 1.165) is 39.1 Å². The average Bonchev–Trinajstić information content (AvgIpc) is 2.83. The summed E-state index contributed by atoms with van der Waals surface area (Å²) in [6.45, 7) is 12.3. The molecule has 1 fully saturated rings. The molecule has 1 heterocycles. The molecule has 0 saturated carbocycles. The first-order valence-electron chi connectivity index (χ1n) is 13.4. The molecule has 0 radical (unpaired) electrons. The maximum Gasteiger partial charge on any atom is 0.245 e. The van der Waals surface area contributed by atoms with Crippen molar-refractivity contribution in [1.82, 2.24) is 24.9 Å². The number of piperazine rings is 1. The first-order valence-corrected chi connectivity index (χ1v) is 13.4. The Balaban J connectivity index is 2.56. The summed E-state index contributed by atoms with van der Waals surface area (Å²) in [4.78, 5) is 57.3. The normalized spacial score (nSPS) is 18.1. The number of nitrogens with two attached hydrogens (primary N) is 1. The van der Waals surface area contributed by atoms with Crippen LogP contribution in [0.3, 0.4) is 0 Å². The van der Waals surface area contributed by atoms with Gasteiger partial charge in [-0.05, 0) is 44.7 Å². The largest absolute Gasteiger partial charge is 0.392 e. The van der Waals surface area contributed by atoms with Gasteiger partial charge in [-0.25, -0.2) is 0 Å². The van der Waals surface area contributed by atoms with Crippen molar-refractivity contribution in [3.05, 3.63) is 0 Å². The maximum absolute atomic E-state index is 12.9. The Morgan fingerprint density at radius 2 is 1.65 bits per heavy atom. The third-order valence-electron chi connectivity index (χ3n) is 7.22. The molecule has 214 valence electrons. The van der Waals surface area contributed by atoms with Gasteiger partial charge in [0.2, 0.25) is 23.6 Å². The van der Waals surface area contributed by atoms with E-state index >= 15 is 0 Å². The molecule has 0 unspecified atom stereocenters. The summed E-state index contributed by atoms with van der Waals surface area (Å²) in [6, 6.07) is -1.57. The molecule has 11 nitrogen and oxygen atoms in total. The molecule has 1 rings (SSSR count). The Bertz CT molecular complexity index is 756. The van der Waals surface area contributed by atoms with Crippen molar-refractivity contribution in [2.75, 3.05) is 60.4 Å². The number of rotatable bonds is 15. The van der Waals surface area contributed by atoms with Crippen LogP contribution in [0.2, 0.25) is 0 Å². The summed E-state index contributed by atoms with van der Waals surface area (Å²) < 4.78 is 0. The van der Waals surface area contributed by atoms with Gasteiger partial charge >= 0.3 is 0 Å². The minimum Gasteiger partial charge on any atom is -0.392 e. The number of aliphatic hydroxyl groups is 1. The van der Waals surface area contributed by atoms with Gasteiger partial charge in [0.25, 0.3) is 0 Å². The van der Waals surface area contributed by atoms with Crippen molar-refractivity contribution < 1.29 is 24.3 Å². The number of aliphatic hydroxyl groups excluding tert-OH is 1. The number of hydrogen-bond donors (Lipinski definition) is 3. The Hall–Kier alpha value is -2.24. The first kappa shape index (κ1) is 32.8. The summed E-state index contributed by atoms with van der Waals surface area (Å²) in [6.07, 6.45) is 0.661. The van der Waals surface area contributed by atoms with E-state index < -0.39 is 41.8 Å². The second kappa shape index (κ2) is 15.9. The fraction of sp³-hybridized carbons (Fsp3) is 0.846. The molecule has 37 heavy (non-hydrogen) atoms. The van der Waals surface area contributed by atoms with Crippen LogP contribution in [0.4, 0.5) is 0 Å². The Morgan fingerprint density at radius 3 is 2.16 bits per heavy atom. The molecule has 1 aliphatic rings.